The van der Waals surface area contributed by atoms with Crippen molar-refractivity contribution in [3.63, 3.8) is 0 Å². The first kappa shape index (κ1) is 24.9. The Morgan fingerprint density at radius 1 is 1.12 bits per heavy atom. The predicted molar refractivity (Wildman–Crippen MR) is 129 cm³/mol. The van der Waals surface area contributed by atoms with Gasteiger partial charge in [-0.3, -0.25) is 15.0 Å². The van der Waals surface area contributed by atoms with Gasteiger partial charge in [-0.2, -0.15) is 0 Å². The molecule has 1 fully saturated rings. The molecule has 1 unspecified atom stereocenters. The number of hydrogen-bond acceptors (Lipinski definition) is 6. The molecule has 0 spiro atoms. The largest absolute Gasteiger partial charge is 0.490 e. The van der Waals surface area contributed by atoms with Crippen LogP contribution in [0.25, 0.3) is 0 Å². The SMILES string of the molecule is NC/C=C\COc1ccc(NC2NC(=O)N(CCC(N)=O)C(=O)N2Cc2ccc(Cl)cc2)cc1. The number of rotatable bonds is 11. The number of anilines is 1. The van der Waals surface area contributed by atoms with Crippen LogP contribution in [0.15, 0.2) is 60.7 Å². The summed E-state index contributed by atoms with van der Waals surface area (Å²) < 4.78 is 5.60. The molecule has 1 aliphatic heterocycles. The van der Waals surface area contributed by atoms with E-state index in [1.54, 1.807) is 54.6 Å². The highest BCUT2D eigenvalue weighted by Crippen LogP contribution is 2.21. The quantitative estimate of drug-likeness (QED) is 0.359. The summed E-state index contributed by atoms with van der Waals surface area (Å²) in [6.07, 6.45) is 2.67. The van der Waals surface area contributed by atoms with E-state index in [0.717, 1.165) is 10.5 Å². The molecule has 180 valence electrons. The van der Waals surface area contributed by atoms with E-state index in [1.807, 2.05) is 6.08 Å². The molecule has 10 nitrogen and oxygen atoms in total. The second-order valence-electron chi connectivity index (χ2n) is 7.44. The predicted octanol–water partition coefficient (Wildman–Crippen LogP) is 2.45. The van der Waals surface area contributed by atoms with Gasteiger partial charge in [0, 0.05) is 30.2 Å². The van der Waals surface area contributed by atoms with Crippen molar-refractivity contribution in [2.45, 2.75) is 19.3 Å². The number of nitrogens with two attached hydrogens (primary N) is 2. The second kappa shape index (κ2) is 11.9. The summed E-state index contributed by atoms with van der Waals surface area (Å²) in [4.78, 5) is 39.4. The molecule has 34 heavy (non-hydrogen) atoms. The molecule has 0 bridgehead atoms. The molecule has 11 heteroatoms. The normalized spacial score (nSPS) is 16.0. The third kappa shape index (κ3) is 6.87. The molecule has 0 radical (unpaired) electrons. The number of primary amides is 1. The highest BCUT2D eigenvalue weighted by molar-refractivity contribution is 6.30. The zero-order valence-electron chi connectivity index (χ0n) is 18.4. The maximum absolute atomic E-state index is 13.2. The van der Waals surface area contributed by atoms with Gasteiger partial charge in [-0.25, -0.2) is 14.5 Å². The Balaban J connectivity index is 1.75. The van der Waals surface area contributed by atoms with Crippen LogP contribution >= 0.6 is 11.6 Å². The smallest absolute Gasteiger partial charge is 0.331 e. The van der Waals surface area contributed by atoms with Crippen LogP contribution in [-0.2, 0) is 11.3 Å². The van der Waals surface area contributed by atoms with Crippen molar-refractivity contribution in [1.29, 1.82) is 0 Å². The Bertz CT molecular complexity index is 1030. The fourth-order valence-corrected chi connectivity index (χ4v) is 3.34. The number of nitrogens with one attached hydrogen (secondary N) is 2. The van der Waals surface area contributed by atoms with Gasteiger partial charge in [0.1, 0.15) is 12.4 Å². The number of halogens is 1. The number of hydrogen-bond donors (Lipinski definition) is 4. The molecular weight excluding hydrogens is 460 g/mol. The molecule has 1 atom stereocenters. The van der Waals surface area contributed by atoms with Crippen molar-refractivity contribution in [2.24, 2.45) is 11.5 Å². The van der Waals surface area contributed by atoms with Gasteiger partial charge in [0.15, 0.2) is 6.29 Å². The molecule has 3 rings (SSSR count). The molecule has 2 aromatic carbocycles. The molecule has 0 aromatic heterocycles. The first-order chi connectivity index (χ1) is 16.4. The van der Waals surface area contributed by atoms with Crippen molar-refractivity contribution < 1.29 is 19.1 Å². The van der Waals surface area contributed by atoms with Gasteiger partial charge in [0.05, 0.1) is 6.54 Å². The summed E-state index contributed by atoms with van der Waals surface area (Å²) in [5.41, 5.74) is 12.1. The van der Waals surface area contributed by atoms with E-state index in [4.69, 9.17) is 27.8 Å². The minimum atomic E-state index is -0.834. The number of benzene rings is 2. The van der Waals surface area contributed by atoms with Gasteiger partial charge >= 0.3 is 12.1 Å². The van der Waals surface area contributed by atoms with Gasteiger partial charge in [-0.15, -0.1) is 0 Å². The van der Waals surface area contributed by atoms with Gasteiger partial charge in [-0.05, 0) is 42.0 Å². The van der Waals surface area contributed by atoms with Crippen LogP contribution in [0.4, 0.5) is 15.3 Å². The van der Waals surface area contributed by atoms with Gasteiger partial charge < -0.3 is 21.5 Å². The molecule has 2 aromatic rings. The topological polar surface area (TPSA) is 143 Å². The van der Waals surface area contributed by atoms with E-state index < -0.39 is 24.3 Å². The number of amides is 5. The summed E-state index contributed by atoms with van der Waals surface area (Å²) >= 11 is 5.97. The Hall–Kier alpha value is -3.76. The molecule has 1 aliphatic rings. The van der Waals surface area contributed by atoms with Crippen LogP contribution in [-0.4, -0.2) is 53.8 Å². The lowest BCUT2D eigenvalue weighted by Crippen LogP contribution is -2.67. The van der Waals surface area contributed by atoms with Gasteiger partial charge in [0.25, 0.3) is 0 Å². The maximum Gasteiger partial charge on any atom is 0.331 e. The zero-order chi connectivity index (χ0) is 24.5. The minimum absolute atomic E-state index is 0.117. The lowest BCUT2D eigenvalue weighted by atomic mass is 10.2. The molecule has 0 saturated carbocycles. The van der Waals surface area contributed by atoms with Gasteiger partial charge in [0.2, 0.25) is 5.91 Å². The molecule has 1 saturated heterocycles. The van der Waals surface area contributed by atoms with Crippen LogP contribution in [0.3, 0.4) is 0 Å². The minimum Gasteiger partial charge on any atom is -0.490 e. The van der Waals surface area contributed by atoms with Crippen LogP contribution in [0.5, 0.6) is 5.75 Å². The molecular formula is C23H27ClN6O4. The number of ether oxygens (including phenoxy) is 1. The highest BCUT2D eigenvalue weighted by Gasteiger charge is 2.38. The Labute approximate surface area is 202 Å². The van der Waals surface area contributed by atoms with E-state index in [0.29, 0.717) is 29.6 Å². The standard InChI is InChI=1S/C23H27ClN6O4/c24-17-5-3-16(4-6-17)15-30-21(28-22(32)29(23(30)33)13-11-20(26)31)27-18-7-9-19(10-8-18)34-14-2-1-12-25/h1-10,21,27H,11-15,25H2,(H2,26,31)(H,28,32)/b2-1-. The summed E-state index contributed by atoms with van der Waals surface area (Å²) in [5.74, 6) is 0.0533. The average Bonchev–Trinajstić information content (AvgIpc) is 2.81. The van der Waals surface area contributed by atoms with E-state index >= 15 is 0 Å². The average molecular weight is 487 g/mol. The second-order valence-corrected chi connectivity index (χ2v) is 7.88. The first-order valence-electron chi connectivity index (χ1n) is 10.6. The lowest BCUT2D eigenvalue weighted by Gasteiger charge is -2.41. The third-order valence-corrected chi connectivity index (χ3v) is 5.20. The van der Waals surface area contributed by atoms with E-state index in [2.05, 4.69) is 10.6 Å². The number of nitrogens with zero attached hydrogens (tertiary/aromatic N) is 2. The Kier molecular flexibility index (Phi) is 8.72. The van der Waals surface area contributed by atoms with Crippen LogP contribution in [0.2, 0.25) is 5.02 Å². The molecule has 1 heterocycles. The van der Waals surface area contributed by atoms with Crippen molar-refractivity contribution in [1.82, 2.24) is 15.1 Å². The van der Waals surface area contributed by atoms with Gasteiger partial charge in [-0.1, -0.05) is 35.9 Å². The van der Waals surface area contributed by atoms with Crippen molar-refractivity contribution in [3.8, 4) is 5.75 Å². The Morgan fingerprint density at radius 3 is 2.47 bits per heavy atom. The van der Waals surface area contributed by atoms with E-state index in [1.165, 1.54) is 4.90 Å². The Morgan fingerprint density at radius 2 is 1.82 bits per heavy atom. The lowest BCUT2D eigenvalue weighted by molar-refractivity contribution is -0.118. The number of carbonyl (C=O) groups excluding carboxylic acids is 3. The van der Waals surface area contributed by atoms with Crippen LogP contribution in [0.1, 0.15) is 12.0 Å². The van der Waals surface area contributed by atoms with Crippen molar-refractivity contribution in [3.05, 3.63) is 71.3 Å². The molecule has 5 amide bonds. The summed E-state index contributed by atoms with van der Waals surface area (Å²) in [6.45, 7) is 0.919. The highest BCUT2D eigenvalue weighted by atomic mass is 35.5. The summed E-state index contributed by atoms with van der Waals surface area (Å²) in [5, 5.41) is 6.49. The van der Waals surface area contributed by atoms with Crippen LogP contribution < -0.4 is 26.8 Å². The number of carbonyl (C=O) groups is 3. The first-order valence-corrected chi connectivity index (χ1v) is 11.0. The fourth-order valence-electron chi connectivity index (χ4n) is 3.22. The zero-order valence-corrected chi connectivity index (χ0v) is 19.2. The van der Waals surface area contributed by atoms with Crippen LogP contribution in [0, 0.1) is 0 Å². The maximum atomic E-state index is 13.2. The molecule has 0 aliphatic carbocycles. The third-order valence-electron chi connectivity index (χ3n) is 4.95. The fraction of sp³-hybridized carbons (Fsp3) is 0.261. The van der Waals surface area contributed by atoms with E-state index in [9.17, 15) is 14.4 Å². The van der Waals surface area contributed by atoms with Crippen molar-refractivity contribution >= 4 is 35.3 Å². The summed E-state index contributed by atoms with van der Waals surface area (Å²) in [7, 11) is 0. The van der Waals surface area contributed by atoms with E-state index in [-0.39, 0.29) is 19.5 Å². The summed E-state index contributed by atoms with van der Waals surface area (Å²) in [6, 6.07) is 13.0. The number of imide groups is 1. The molecule has 6 N–H and O–H groups in total. The number of urea groups is 2. The monoisotopic (exact) mass is 486 g/mol. The van der Waals surface area contributed by atoms with Crippen molar-refractivity contribution in [2.75, 3.05) is 25.0 Å².